The Morgan fingerprint density at radius 2 is 2.19 bits per heavy atom. The third-order valence-corrected chi connectivity index (χ3v) is 4.66. The van der Waals surface area contributed by atoms with E-state index in [-0.39, 0.29) is 23.7 Å². The van der Waals surface area contributed by atoms with Crippen molar-refractivity contribution in [3.8, 4) is 11.8 Å². The number of nitrogens with zero attached hydrogens (tertiary/aromatic N) is 3. The average Bonchev–Trinajstić information content (AvgIpc) is 3.13. The Kier molecular flexibility index (Phi) is 4.64. The maximum atomic E-state index is 11.5. The minimum absolute atomic E-state index is 0. The number of hydrogen-bond acceptors (Lipinski definition) is 4. The van der Waals surface area contributed by atoms with Gasteiger partial charge in [-0.25, -0.2) is 14.3 Å². The number of aryl methyl sites for hydroxylation is 2. The van der Waals surface area contributed by atoms with Crippen LogP contribution in [0.4, 0.5) is 5.69 Å². The molecule has 0 saturated carbocycles. The second kappa shape index (κ2) is 6.78. The molecule has 0 aliphatic rings. The number of aliphatic carboxylic acids is 1. The molecule has 140 valence electrons. The summed E-state index contributed by atoms with van der Waals surface area (Å²) in [5.74, 6) is 3.01. The first-order valence-electron chi connectivity index (χ1n) is 7.97. The average molecular weight is 389 g/mol. The van der Waals surface area contributed by atoms with E-state index in [4.69, 9.17) is 16.7 Å². The molecule has 3 rings (SSSR count). The predicted octanol–water partition coefficient (Wildman–Crippen LogP) is 3.67. The summed E-state index contributed by atoms with van der Waals surface area (Å²) in [6.45, 7) is 5.90. The molecular formula is C18H17ClN4O4. The van der Waals surface area contributed by atoms with Gasteiger partial charge >= 0.3 is 11.7 Å². The topological polar surface area (TPSA) is 114 Å². The Bertz CT molecular complexity index is 1160. The van der Waals surface area contributed by atoms with Gasteiger partial charge in [-0.15, -0.1) is 0 Å². The lowest BCUT2D eigenvalue weighted by Crippen LogP contribution is -2.02. The van der Waals surface area contributed by atoms with E-state index in [1.54, 1.807) is 0 Å². The van der Waals surface area contributed by atoms with Crippen LogP contribution in [0.5, 0.6) is 0 Å². The number of hydrogen-bond donors (Lipinski definition) is 2. The Morgan fingerprint density at radius 3 is 2.81 bits per heavy atom. The van der Waals surface area contributed by atoms with Gasteiger partial charge in [-0.1, -0.05) is 42.3 Å². The first kappa shape index (κ1) is 18.5. The van der Waals surface area contributed by atoms with Gasteiger partial charge < -0.3 is 5.11 Å². The van der Waals surface area contributed by atoms with E-state index in [0.29, 0.717) is 5.82 Å². The standard InChI is InChI=1S/C18H15ClN4O4.H2/c1-9-4-5-10(2)13(8-9)11(3)17-20-18-15(23(26)27)12(6-7-14(24)25)16(19)22(18)21-17;/h4-5,8,11H,1-3H3,(H,20,21)(H,24,25);1H. The molecule has 0 saturated heterocycles. The van der Waals surface area contributed by atoms with Crippen LogP contribution in [0.1, 0.15) is 42.3 Å². The van der Waals surface area contributed by atoms with E-state index in [1.165, 1.54) is 4.52 Å². The van der Waals surface area contributed by atoms with Gasteiger partial charge in [0.25, 0.3) is 0 Å². The minimum Gasteiger partial charge on any atom is -0.472 e. The van der Waals surface area contributed by atoms with E-state index in [2.05, 4.69) is 16.0 Å². The first-order valence-corrected chi connectivity index (χ1v) is 8.34. The van der Waals surface area contributed by atoms with Crippen molar-refractivity contribution in [2.45, 2.75) is 26.7 Å². The molecule has 8 nitrogen and oxygen atoms in total. The highest BCUT2D eigenvalue weighted by Crippen LogP contribution is 2.34. The highest BCUT2D eigenvalue weighted by molar-refractivity contribution is 6.31. The lowest BCUT2D eigenvalue weighted by Gasteiger charge is -2.13. The zero-order valence-electron chi connectivity index (χ0n) is 14.7. The number of halogens is 1. The monoisotopic (exact) mass is 388 g/mol. The lowest BCUT2D eigenvalue weighted by atomic mass is 9.94. The van der Waals surface area contributed by atoms with Gasteiger partial charge in [0.15, 0.2) is 5.15 Å². The molecule has 0 radical (unpaired) electrons. The van der Waals surface area contributed by atoms with Crippen LogP contribution in [0.2, 0.25) is 5.15 Å². The van der Waals surface area contributed by atoms with Crippen LogP contribution in [0, 0.1) is 35.8 Å². The number of nitrogens with one attached hydrogen (secondary N) is 1. The normalized spacial score (nSPS) is 11.9. The molecule has 2 N–H and O–H groups in total. The molecule has 0 bridgehead atoms. The van der Waals surface area contributed by atoms with Crippen LogP contribution in [-0.2, 0) is 4.79 Å². The maximum absolute atomic E-state index is 11.5. The molecule has 0 aliphatic heterocycles. The molecule has 0 fully saturated rings. The van der Waals surface area contributed by atoms with Crippen molar-refractivity contribution in [3.63, 3.8) is 0 Å². The van der Waals surface area contributed by atoms with Crippen molar-refractivity contribution in [2.24, 2.45) is 0 Å². The third kappa shape index (κ3) is 3.25. The maximum Gasteiger partial charge on any atom is 0.382 e. The van der Waals surface area contributed by atoms with E-state index >= 15 is 0 Å². The zero-order valence-corrected chi connectivity index (χ0v) is 15.5. The fourth-order valence-corrected chi connectivity index (χ4v) is 3.20. The molecule has 1 aromatic carbocycles. The fraction of sp³-hybridized carbons (Fsp3) is 0.222. The number of fused-ring (bicyclic) bond motifs is 1. The summed E-state index contributed by atoms with van der Waals surface area (Å²) < 4.78 is 1.25. The second-order valence-electron chi connectivity index (χ2n) is 6.18. The van der Waals surface area contributed by atoms with Gasteiger partial charge in [0.2, 0.25) is 5.65 Å². The zero-order chi connectivity index (χ0) is 19.9. The van der Waals surface area contributed by atoms with E-state index < -0.39 is 16.6 Å². The summed E-state index contributed by atoms with van der Waals surface area (Å²) in [5, 5.41) is 23.1. The molecule has 0 amide bonds. The van der Waals surface area contributed by atoms with Crippen molar-refractivity contribution in [1.29, 1.82) is 0 Å². The van der Waals surface area contributed by atoms with Gasteiger partial charge in [-0.2, -0.15) is 0 Å². The van der Waals surface area contributed by atoms with Crippen LogP contribution in [0.15, 0.2) is 18.2 Å². The van der Waals surface area contributed by atoms with Gasteiger partial charge in [0.05, 0.1) is 4.92 Å². The van der Waals surface area contributed by atoms with Crippen molar-refractivity contribution < 1.29 is 16.3 Å². The number of aromatic nitrogens is 3. The number of carbonyl (C=O) groups is 1. The summed E-state index contributed by atoms with van der Waals surface area (Å²) in [5.41, 5.74) is 2.58. The summed E-state index contributed by atoms with van der Waals surface area (Å²) >= 11 is 6.20. The fourth-order valence-electron chi connectivity index (χ4n) is 2.95. The van der Waals surface area contributed by atoms with Crippen LogP contribution < -0.4 is 0 Å². The van der Waals surface area contributed by atoms with Crippen LogP contribution in [0.3, 0.4) is 0 Å². The number of carboxylic acids is 1. The van der Waals surface area contributed by atoms with Gasteiger partial charge in [-0.3, -0.25) is 15.2 Å². The molecule has 2 aromatic heterocycles. The molecule has 3 aromatic rings. The lowest BCUT2D eigenvalue weighted by molar-refractivity contribution is -0.383. The summed E-state index contributed by atoms with van der Waals surface area (Å²) in [6, 6.07) is 6.05. The highest BCUT2D eigenvalue weighted by Gasteiger charge is 2.30. The smallest absolute Gasteiger partial charge is 0.382 e. The van der Waals surface area contributed by atoms with Crippen molar-refractivity contribution >= 4 is 28.9 Å². The summed E-state index contributed by atoms with van der Waals surface area (Å²) in [4.78, 5) is 25.9. The Balaban J connectivity index is 0.00000280. The molecule has 2 heterocycles. The molecule has 27 heavy (non-hydrogen) atoms. The molecule has 1 unspecified atom stereocenters. The number of rotatable bonds is 3. The van der Waals surface area contributed by atoms with Gasteiger partial charge in [-0.05, 0) is 30.9 Å². The number of aromatic amines is 1. The van der Waals surface area contributed by atoms with Crippen molar-refractivity contribution in [3.05, 3.63) is 61.5 Å². The number of nitro groups is 1. The van der Waals surface area contributed by atoms with E-state index in [0.717, 1.165) is 16.7 Å². The Hall–Kier alpha value is -3.31. The predicted molar refractivity (Wildman–Crippen MR) is 101 cm³/mol. The van der Waals surface area contributed by atoms with Crippen LogP contribution >= 0.6 is 11.6 Å². The number of benzene rings is 1. The summed E-state index contributed by atoms with van der Waals surface area (Å²) in [7, 11) is 0. The molecular weight excluding hydrogens is 372 g/mol. The van der Waals surface area contributed by atoms with Gasteiger partial charge in [0, 0.05) is 13.3 Å². The number of carboxylic acid groups (broad SMARTS) is 1. The van der Waals surface area contributed by atoms with Crippen LogP contribution in [0.25, 0.3) is 5.65 Å². The Labute approximate surface area is 160 Å². The van der Waals surface area contributed by atoms with E-state index in [1.807, 2.05) is 44.9 Å². The molecule has 0 aliphatic carbocycles. The third-order valence-electron chi connectivity index (χ3n) is 4.30. The number of H-pyrrole nitrogens is 1. The van der Waals surface area contributed by atoms with Gasteiger partial charge in [0.1, 0.15) is 11.4 Å². The second-order valence-corrected chi connectivity index (χ2v) is 6.53. The minimum atomic E-state index is -1.41. The SMILES string of the molecule is Cc1ccc(C)c(C(C)c2nc3c([N+](=O)[O-])c(C#CC(=O)O)c(Cl)n3[nH]2)c1.[HH]. The Morgan fingerprint density at radius 1 is 1.48 bits per heavy atom. The van der Waals surface area contributed by atoms with Crippen molar-refractivity contribution in [1.82, 2.24) is 14.6 Å². The van der Waals surface area contributed by atoms with Crippen molar-refractivity contribution in [2.75, 3.05) is 0 Å². The van der Waals surface area contributed by atoms with Crippen LogP contribution in [-0.4, -0.2) is 30.6 Å². The quantitative estimate of drug-likeness (QED) is 0.403. The molecule has 1 atom stereocenters. The van der Waals surface area contributed by atoms with E-state index in [9.17, 15) is 14.9 Å². The first-order chi connectivity index (χ1) is 12.7. The highest BCUT2D eigenvalue weighted by atomic mass is 35.5. The largest absolute Gasteiger partial charge is 0.472 e. The summed E-state index contributed by atoms with van der Waals surface area (Å²) in [6.07, 6.45) is 0. The molecule has 0 spiro atoms. The molecule has 9 heteroatoms.